The summed E-state index contributed by atoms with van der Waals surface area (Å²) in [4.78, 5) is 16.6. The van der Waals surface area contributed by atoms with Crippen LogP contribution in [-0.2, 0) is 9.53 Å². The number of rotatable bonds is 5. The minimum Gasteiger partial charge on any atom is -0.466 e. The maximum atomic E-state index is 11.4. The molecule has 1 unspecified atom stereocenters. The number of halogens is 1. The van der Waals surface area contributed by atoms with Gasteiger partial charge in [0, 0.05) is 14.8 Å². The van der Waals surface area contributed by atoms with Crippen molar-refractivity contribution in [2.75, 3.05) is 7.11 Å². The normalized spacial score (nSPS) is 11.8. The van der Waals surface area contributed by atoms with E-state index < -0.39 is 12.0 Å². The molecule has 0 aliphatic rings. The van der Waals surface area contributed by atoms with Crippen LogP contribution in [0.15, 0.2) is 46.3 Å². The number of hydrogen-bond acceptors (Lipinski definition) is 4. The molecule has 0 N–H and O–H groups in total. The van der Waals surface area contributed by atoms with Crippen molar-refractivity contribution in [3.63, 3.8) is 0 Å². The Morgan fingerprint density at radius 1 is 1.45 bits per heavy atom. The van der Waals surface area contributed by atoms with Crippen LogP contribution in [0.3, 0.4) is 0 Å². The number of azide groups is 2. The average Bonchev–Trinajstić information content (AvgIpc) is 2.45. The molecule has 0 fully saturated rings. The summed E-state index contributed by atoms with van der Waals surface area (Å²) >= 11 is 5.85. The Bertz CT molecular complexity index is 632. The van der Waals surface area contributed by atoms with Gasteiger partial charge in [-0.3, -0.25) is 0 Å². The first-order chi connectivity index (χ1) is 9.62. The Morgan fingerprint density at radius 3 is 2.75 bits per heavy atom. The van der Waals surface area contributed by atoms with Crippen molar-refractivity contribution in [3.8, 4) is 0 Å². The predicted molar refractivity (Wildman–Crippen MR) is 72.6 cm³/mol. The van der Waals surface area contributed by atoms with Crippen LogP contribution in [0.1, 0.15) is 11.6 Å². The summed E-state index contributed by atoms with van der Waals surface area (Å²) in [6.07, 6.45) is 1.21. The third kappa shape index (κ3) is 4.22. The standard InChI is InChI=1S/C11H9ClN6O2/c1-20-11(19)10(16-18-14)6-9(15-17-13)7-3-2-4-8(12)5-7/h2-6,9H,1H3/b10-6-. The molecule has 0 heterocycles. The van der Waals surface area contributed by atoms with Crippen molar-refractivity contribution < 1.29 is 9.53 Å². The highest BCUT2D eigenvalue weighted by atomic mass is 35.5. The van der Waals surface area contributed by atoms with Gasteiger partial charge in [-0.15, -0.1) is 0 Å². The predicted octanol–water partition coefficient (Wildman–Crippen LogP) is 4.06. The molecule has 1 aromatic carbocycles. The average molecular weight is 293 g/mol. The van der Waals surface area contributed by atoms with Crippen molar-refractivity contribution >= 4 is 17.6 Å². The van der Waals surface area contributed by atoms with Gasteiger partial charge in [0.25, 0.3) is 0 Å². The quantitative estimate of drug-likeness (QED) is 0.267. The second kappa shape index (κ2) is 7.70. The number of ether oxygens (including phenoxy) is 1. The first-order valence-corrected chi connectivity index (χ1v) is 5.65. The van der Waals surface area contributed by atoms with Crippen molar-refractivity contribution in [2.45, 2.75) is 6.04 Å². The molecule has 0 radical (unpaired) electrons. The van der Waals surface area contributed by atoms with Gasteiger partial charge in [0.1, 0.15) is 5.70 Å². The van der Waals surface area contributed by atoms with E-state index in [0.29, 0.717) is 10.6 Å². The maximum Gasteiger partial charge on any atom is 0.339 e. The third-order valence-electron chi connectivity index (χ3n) is 2.23. The van der Waals surface area contributed by atoms with Crippen LogP contribution >= 0.6 is 11.6 Å². The molecule has 0 bridgehead atoms. The molecule has 1 aromatic rings. The van der Waals surface area contributed by atoms with E-state index in [-0.39, 0.29) is 5.70 Å². The Kier molecular flexibility index (Phi) is 5.93. The van der Waals surface area contributed by atoms with Gasteiger partial charge in [-0.2, -0.15) is 0 Å². The summed E-state index contributed by atoms with van der Waals surface area (Å²) in [6, 6.07) is 5.70. The Hall–Kier alpha value is -2.66. The second-order valence-corrected chi connectivity index (χ2v) is 3.87. The van der Waals surface area contributed by atoms with E-state index in [1.165, 1.54) is 6.08 Å². The summed E-state index contributed by atoms with van der Waals surface area (Å²) in [6.45, 7) is 0. The molecule has 0 spiro atoms. The van der Waals surface area contributed by atoms with E-state index >= 15 is 0 Å². The number of methoxy groups -OCH3 is 1. The lowest BCUT2D eigenvalue weighted by molar-refractivity contribution is -0.136. The molecular weight excluding hydrogens is 284 g/mol. The number of esters is 1. The highest BCUT2D eigenvalue weighted by Crippen LogP contribution is 2.24. The molecule has 9 heteroatoms. The van der Waals surface area contributed by atoms with Crippen LogP contribution in [-0.4, -0.2) is 13.1 Å². The van der Waals surface area contributed by atoms with Gasteiger partial charge in [-0.1, -0.05) is 40.0 Å². The van der Waals surface area contributed by atoms with Gasteiger partial charge in [0.2, 0.25) is 0 Å². The summed E-state index contributed by atoms with van der Waals surface area (Å²) in [5.74, 6) is -0.831. The van der Waals surface area contributed by atoms with Crippen molar-refractivity contribution in [2.24, 2.45) is 10.2 Å². The SMILES string of the molecule is COC(=O)/C(=C/C(N=[N+]=[N-])c1cccc(Cl)c1)N=[N+]=[N-]. The number of nitrogens with zero attached hydrogens (tertiary/aromatic N) is 6. The molecule has 0 amide bonds. The highest BCUT2D eigenvalue weighted by molar-refractivity contribution is 6.30. The fraction of sp³-hybridized carbons (Fsp3) is 0.182. The van der Waals surface area contributed by atoms with E-state index in [4.69, 9.17) is 22.7 Å². The van der Waals surface area contributed by atoms with E-state index in [1.807, 2.05) is 0 Å². The van der Waals surface area contributed by atoms with Crippen LogP contribution < -0.4 is 0 Å². The lowest BCUT2D eigenvalue weighted by Crippen LogP contribution is -2.04. The fourth-order valence-electron chi connectivity index (χ4n) is 1.39. The number of carbonyl (C=O) groups is 1. The monoisotopic (exact) mass is 292 g/mol. The first kappa shape index (κ1) is 15.4. The van der Waals surface area contributed by atoms with E-state index in [9.17, 15) is 4.79 Å². The zero-order valence-corrected chi connectivity index (χ0v) is 11.1. The molecule has 102 valence electrons. The van der Waals surface area contributed by atoms with Gasteiger partial charge in [-0.25, -0.2) is 4.79 Å². The van der Waals surface area contributed by atoms with Crippen LogP contribution in [0, 0.1) is 0 Å². The molecule has 0 aliphatic carbocycles. The molecule has 0 aromatic heterocycles. The zero-order valence-electron chi connectivity index (χ0n) is 10.3. The Balaban J connectivity index is 3.29. The Labute approximate surface area is 118 Å². The van der Waals surface area contributed by atoms with Crippen molar-refractivity contribution in [1.82, 2.24) is 0 Å². The Morgan fingerprint density at radius 2 is 2.20 bits per heavy atom. The minimum absolute atomic E-state index is 0.299. The van der Waals surface area contributed by atoms with Crippen molar-refractivity contribution in [3.05, 3.63) is 67.5 Å². The maximum absolute atomic E-state index is 11.4. The summed E-state index contributed by atoms with van der Waals surface area (Å²) in [7, 11) is 1.14. The van der Waals surface area contributed by atoms with E-state index in [0.717, 1.165) is 7.11 Å². The van der Waals surface area contributed by atoms with Crippen LogP contribution in [0.4, 0.5) is 0 Å². The van der Waals surface area contributed by atoms with Crippen LogP contribution in [0.25, 0.3) is 20.9 Å². The summed E-state index contributed by atoms with van der Waals surface area (Å²) in [5, 5.41) is 7.19. The lowest BCUT2D eigenvalue weighted by Gasteiger charge is -2.08. The van der Waals surface area contributed by atoms with Gasteiger partial charge in [0.05, 0.1) is 13.2 Å². The van der Waals surface area contributed by atoms with Crippen molar-refractivity contribution in [1.29, 1.82) is 0 Å². The van der Waals surface area contributed by atoms with Gasteiger partial charge in [0.15, 0.2) is 0 Å². The third-order valence-corrected chi connectivity index (χ3v) is 2.46. The summed E-state index contributed by atoms with van der Waals surface area (Å²) < 4.78 is 4.47. The molecular formula is C11H9ClN6O2. The fourth-order valence-corrected chi connectivity index (χ4v) is 1.59. The van der Waals surface area contributed by atoms with Crippen LogP contribution in [0.5, 0.6) is 0 Å². The number of benzene rings is 1. The molecule has 0 saturated heterocycles. The van der Waals surface area contributed by atoms with E-state index in [1.54, 1.807) is 24.3 Å². The molecule has 8 nitrogen and oxygen atoms in total. The number of carbonyl (C=O) groups excluding carboxylic acids is 1. The minimum atomic E-state index is -0.849. The summed E-state index contributed by atoms with van der Waals surface area (Å²) in [5.41, 5.74) is 17.3. The topological polar surface area (TPSA) is 124 Å². The molecule has 1 atom stereocenters. The first-order valence-electron chi connectivity index (χ1n) is 5.27. The smallest absolute Gasteiger partial charge is 0.339 e. The largest absolute Gasteiger partial charge is 0.466 e. The van der Waals surface area contributed by atoms with Gasteiger partial charge < -0.3 is 4.74 Å². The second-order valence-electron chi connectivity index (χ2n) is 3.44. The molecule has 0 saturated carbocycles. The van der Waals surface area contributed by atoms with Crippen LogP contribution in [0.2, 0.25) is 5.02 Å². The van der Waals surface area contributed by atoms with E-state index in [2.05, 4.69) is 24.8 Å². The highest BCUT2D eigenvalue weighted by Gasteiger charge is 2.13. The molecule has 1 rings (SSSR count). The van der Waals surface area contributed by atoms with Gasteiger partial charge >= 0.3 is 5.97 Å². The zero-order chi connectivity index (χ0) is 15.0. The lowest BCUT2D eigenvalue weighted by atomic mass is 10.1. The molecule has 20 heavy (non-hydrogen) atoms. The number of hydrogen-bond donors (Lipinski definition) is 0. The molecule has 0 aliphatic heterocycles. The van der Waals surface area contributed by atoms with Gasteiger partial charge in [-0.05, 0) is 28.8 Å².